The van der Waals surface area contributed by atoms with Gasteiger partial charge in [0.1, 0.15) is 5.82 Å². The van der Waals surface area contributed by atoms with E-state index in [4.69, 9.17) is 0 Å². The Morgan fingerprint density at radius 3 is 2.40 bits per heavy atom. The molecule has 0 spiro atoms. The second-order valence-electron chi connectivity index (χ2n) is 5.32. The molecule has 0 aliphatic heterocycles. The molecule has 1 N–H and O–H groups in total. The molecule has 0 amide bonds. The molecule has 2 nitrogen and oxygen atoms in total. The van der Waals surface area contributed by atoms with E-state index in [1.54, 1.807) is 0 Å². The van der Waals surface area contributed by atoms with Gasteiger partial charge in [0.05, 0.1) is 16.4 Å². The average molecular weight is 270 g/mol. The molecule has 20 heavy (non-hydrogen) atoms. The molecule has 2 aromatic carbocycles. The van der Waals surface area contributed by atoms with E-state index in [0.717, 1.165) is 24.7 Å². The lowest BCUT2D eigenvalue weighted by atomic mass is 9.95. The van der Waals surface area contributed by atoms with Crippen LogP contribution >= 0.6 is 0 Å². The zero-order chi connectivity index (χ0) is 13.7. The highest BCUT2D eigenvalue weighted by Crippen LogP contribution is 2.52. The molecule has 0 radical (unpaired) electrons. The van der Waals surface area contributed by atoms with Crippen molar-refractivity contribution in [2.24, 2.45) is 0 Å². The first-order valence-electron chi connectivity index (χ1n) is 6.60. The van der Waals surface area contributed by atoms with Crippen molar-refractivity contribution in [1.82, 2.24) is 9.97 Å². The Bertz CT molecular complexity index is 750. The Morgan fingerprint density at radius 1 is 1.00 bits per heavy atom. The van der Waals surface area contributed by atoms with Crippen molar-refractivity contribution >= 4 is 11.0 Å². The van der Waals surface area contributed by atoms with Gasteiger partial charge in [-0.2, -0.15) is 0 Å². The molecule has 4 heteroatoms. The highest BCUT2D eigenvalue weighted by Gasteiger charge is 2.48. The van der Waals surface area contributed by atoms with Crippen molar-refractivity contribution in [2.45, 2.75) is 18.3 Å². The van der Waals surface area contributed by atoms with Crippen molar-refractivity contribution in [3.8, 4) is 0 Å². The lowest BCUT2D eigenvalue weighted by molar-refractivity contribution is 0.510. The van der Waals surface area contributed by atoms with E-state index in [0.29, 0.717) is 11.0 Å². The number of nitrogens with zero attached hydrogens (tertiary/aromatic N) is 1. The molecular formula is C16H12F2N2. The first-order valence-corrected chi connectivity index (χ1v) is 6.60. The zero-order valence-corrected chi connectivity index (χ0v) is 10.7. The first kappa shape index (κ1) is 11.6. The van der Waals surface area contributed by atoms with E-state index in [9.17, 15) is 8.78 Å². The normalized spacial score (nSPS) is 16.5. The predicted octanol–water partition coefficient (Wildman–Crippen LogP) is 3.92. The topological polar surface area (TPSA) is 28.7 Å². The lowest BCUT2D eigenvalue weighted by Crippen LogP contribution is -2.10. The number of hydrogen-bond donors (Lipinski definition) is 1. The van der Waals surface area contributed by atoms with Gasteiger partial charge in [0.2, 0.25) is 0 Å². The van der Waals surface area contributed by atoms with Gasteiger partial charge >= 0.3 is 0 Å². The molecule has 1 fully saturated rings. The molecular weight excluding hydrogens is 258 g/mol. The highest BCUT2D eigenvalue weighted by atomic mass is 19.2. The largest absolute Gasteiger partial charge is 0.341 e. The summed E-state index contributed by atoms with van der Waals surface area (Å²) in [5.41, 5.74) is 2.09. The monoisotopic (exact) mass is 270 g/mol. The maximum Gasteiger partial charge on any atom is 0.161 e. The van der Waals surface area contributed by atoms with E-state index in [1.165, 1.54) is 11.6 Å². The fraction of sp³-hybridized carbons (Fsp3) is 0.188. The highest BCUT2D eigenvalue weighted by molar-refractivity contribution is 5.76. The van der Waals surface area contributed by atoms with Crippen molar-refractivity contribution in [3.63, 3.8) is 0 Å². The molecule has 4 rings (SSSR count). The maximum atomic E-state index is 13.3. The predicted molar refractivity (Wildman–Crippen MR) is 72.5 cm³/mol. The van der Waals surface area contributed by atoms with E-state index in [2.05, 4.69) is 22.1 Å². The fourth-order valence-electron chi connectivity index (χ4n) is 2.78. The lowest BCUT2D eigenvalue weighted by Gasteiger charge is -2.12. The molecule has 100 valence electrons. The van der Waals surface area contributed by atoms with Crippen LogP contribution in [-0.2, 0) is 5.41 Å². The zero-order valence-electron chi connectivity index (χ0n) is 10.7. The number of fused-ring (bicyclic) bond motifs is 1. The van der Waals surface area contributed by atoms with Crippen LogP contribution in [0.3, 0.4) is 0 Å². The molecule has 1 aliphatic rings. The van der Waals surface area contributed by atoms with Gasteiger partial charge in [0.25, 0.3) is 0 Å². The molecule has 1 aliphatic carbocycles. The van der Waals surface area contributed by atoms with Gasteiger partial charge in [-0.1, -0.05) is 30.3 Å². The smallest absolute Gasteiger partial charge is 0.161 e. The standard InChI is InChI=1S/C16H12F2N2/c17-11-8-13-14(9-12(11)18)20-15(19-13)16(6-7-16)10-4-2-1-3-5-10/h1-5,8-9H,6-7H2,(H,19,20). The van der Waals surface area contributed by atoms with Gasteiger partial charge in [-0.25, -0.2) is 13.8 Å². The van der Waals surface area contributed by atoms with Crippen molar-refractivity contribution in [2.75, 3.05) is 0 Å². The maximum absolute atomic E-state index is 13.3. The summed E-state index contributed by atoms with van der Waals surface area (Å²) in [7, 11) is 0. The Balaban J connectivity index is 1.87. The second-order valence-corrected chi connectivity index (χ2v) is 5.32. The minimum Gasteiger partial charge on any atom is -0.341 e. The number of rotatable bonds is 2. The number of aromatic nitrogens is 2. The van der Waals surface area contributed by atoms with Crippen LogP contribution < -0.4 is 0 Å². The van der Waals surface area contributed by atoms with E-state index >= 15 is 0 Å². The van der Waals surface area contributed by atoms with Crippen LogP contribution in [0.1, 0.15) is 24.2 Å². The van der Waals surface area contributed by atoms with Crippen LogP contribution in [0.25, 0.3) is 11.0 Å². The van der Waals surface area contributed by atoms with Crippen molar-refractivity contribution in [1.29, 1.82) is 0 Å². The minimum atomic E-state index is -0.861. The number of H-pyrrole nitrogens is 1. The molecule has 0 saturated heterocycles. The number of imidazole rings is 1. The van der Waals surface area contributed by atoms with Crippen LogP contribution in [0, 0.1) is 11.6 Å². The van der Waals surface area contributed by atoms with Crippen LogP contribution in [0.2, 0.25) is 0 Å². The van der Waals surface area contributed by atoms with Crippen molar-refractivity contribution in [3.05, 3.63) is 65.5 Å². The van der Waals surface area contributed by atoms with Gasteiger partial charge in [0, 0.05) is 12.1 Å². The van der Waals surface area contributed by atoms with Gasteiger partial charge < -0.3 is 4.98 Å². The Morgan fingerprint density at radius 2 is 1.70 bits per heavy atom. The summed E-state index contributed by atoms with van der Waals surface area (Å²) in [6.45, 7) is 0. The molecule has 0 unspecified atom stereocenters. The third kappa shape index (κ3) is 1.57. The number of hydrogen-bond acceptors (Lipinski definition) is 1. The van der Waals surface area contributed by atoms with Crippen LogP contribution in [0.15, 0.2) is 42.5 Å². The van der Waals surface area contributed by atoms with Crippen LogP contribution in [0.4, 0.5) is 8.78 Å². The van der Waals surface area contributed by atoms with Gasteiger partial charge in [-0.3, -0.25) is 0 Å². The van der Waals surface area contributed by atoms with Gasteiger partial charge in [0.15, 0.2) is 11.6 Å². The summed E-state index contributed by atoms with van der Waals surface area (Å²) in [4.78, 5) is 7.61. The van der Waals surface area contributed by atoms with Gasteiger partial charge in [-0.15, -0.1) is 0 Å². The van der Waals surface area contributed by atoms with Crippen molar-refractivity contribution < 1.29 is 8.78 Å². The summed E-state index contributed by atoms with van der Waals surface area (Å²) in [6.07, 6.45) is 2.00. The second kappa shape index (κ2) is 3.88. The molecule has 1 heterocycles. The number of aromatic amines is 1. The molecule has 0 bridgehead atoms. The van der Waals surface area contributed by atoms with E-state index < -0.39 is 11.6 Å². The number of benzene rings is 2. The summed E-state index contributed by atoms with van der Waals surface area (Å²) < 4.78 is 26.5. The quantitative estimate of drug-likeness (QED) is 0.751. The van der Waals surface area contributed by atoms with E-state index in [1.807, 2.05) is 18.2 Å². The van der Waals surface area contributed by atoms with Gasteiger partial charge in [-0.05, 0) is 18.4 Å². The third-order valence-electron chi connectivity index (χ3n) is 4.05. The summed E-state index contributed by atoms with van der Waals surface area (Å²) in [5, 5.41) is 0. The first-order chi connectivity index (χ1) is 9.69. The summed E-state index contributed by atoms with van der Waals surface area (Å²) in [6, 6.07) is 12.4. The average Bonchev–Trinajstić information content (AvgIpc) is 3.18. The summed E-state index contributed by atoms with van der Waals surface area (Å²) in [5.74, 6) is -0.916. The van der Waals surface area contributed by atoms with E-state index in [-0.39, 0.29) is 5.41 Å². The molecule has 1 saturated carbocycles. The number of nitrogens with one attached hydrogen (secondary N) is 1. The van der Waals surface area contributed by atoms with Crippen LogP contribution in [0.5, 0.6) is 0 Å². The Hall–Kier alpha value is -2.23. The minimum absolute atomic E-state index is 0.118. The summed E-state index contributed by atoms with van der Waals surface area (Å²) >= 11 is 0. The number of halogens is 2. The molecule has 0 atom stereocenters. The fourth-order valence-corrected chi connectivity index (χ4v) is 2.78. The Labute approximate surface area is 114 Å². The van der Waals surface area contributed by atoms with Crippen LogP contribution in [-0.4, -0.2) is 9.97 Å². The molecule has 1 aromatic heterocycles. The Kier molecular flexibility index (Phi) is 2.25. The third-order valence-corrected chi connectivity index (χ3v) is 4.05. The molecule has 3 aromatic rings. The SMILES string of the molecule is Fc1cc2nc(C3(c4ccccc4)CC3)[nH]c2cc1F.